The molecular weight excluding hydrogens is 373 g/mol. The molecule has 9 heteroatoms. The van der Waals surface area contributed by atoms with Crippen molar-refractivity contribution in [1.29, 1.82) is 0 Å². The van der Waals surface area contributed by atoms with E-state index in [1.165, 1.54) is 18.5 Å². The van der Waals surface area contributed by atoms with Crippen LogP contribution in [0.5, 0.6) is 0 Å². The maximum absolute atomic E-state index is 13.6. The second-order valence-corrected chi connectivity index (χ2v) is 7.02. The highest BCUT2D eigenvalue weighted by Crippen LogP contribution is 2.33. The highest BCUT2D eigenvalue weighted by atomic mass is 19.4. The van der Waals surface area contributed by atoms with Crippen LogP contribution in [0.4, 0.5) is 13.2 Å². The number of nitrogens with zero attached hydrogens (tertiary/aromatic N) is 4. The molecule has 1 saturated heterocycles. The van der Waals surface area contributed by atoms with Gasteiger partial charge in [0, 0.05) is 18.2 Å². The monoisotopic (exact) mass is 392 g/mol. The lowest BCUT2D eigenvalue weighted by Gasteiger charge is -2.33. The summed E-state index contributed by atoms with van der Waals surface area (Å²) >= 11 is 0. The Morgan fingerprint density at radius 3 is 2.86 bits per heavy atom. The number of rotatable bonds is 3. The molecule has 0 aromatic carbocycles. The Bertz CT molecular complexity index is 995. The topological polar surface area (TPSA) is 63.6 Å². The molecule has 1 aliphatic heterocycles. The number of carbonyl (C=O) groups excluding carboxylic acids is 1. The van der Waals surface area contributed by atoms with Crippen LogP contribution in [0.15, 0.2) is 35.1 Å². The summed E-state index contributed by atoms with van der Waals surface area (Å²) in [5, 5.41) is 3.86. The molecule has 0 aliphatic carbocycles. The molecule has 148 valence electrons. The van der Waals surface area contributed by atoms with Gasteiger partial charge in [-0.25, -0.2) is 9.50 Å². The van der Waals surface area contributed by atoms with Gasteiger partial charge in [-0.05, 0) is 44.4 Å². The molecule has 28 heavy (non-hydrogen) atoms. The number of halogens is 3. The minimum Gasteiger partial charge on any atom is -0.463 e. The zero-order valence-corrected chi connectivity index (χ0v) is 15.2. The summed E-state index contributed by atoms with van der Waals surface area (Å²) in [6, 6.07) is 4.14. The van der Waals surface area contributed by atoms with E-state index in [9.17, 15) is 18.0 Å². The number of aromatic nitrogens is 3. The molecule has 0 bridgehead atoms. The number of furan rings is 1. The Morgan fingerprint density at radius 1 is 1.36 bits per heavy atom. The van der Waals surface area contributed by atoms with E-state index >= 15 is 0 Å². The van der Waals surface area contributed by atoms with E-state index in [2.05, 4.69) is 10.1 Å². The third kappa shape index (κ3) is 3.36. The van der Waals surface area contributed by atoms with Crippen molar-refractivity contribution in [2.75, 3.05) is 6.54 Å². The van der Waals surface area contributed by atoms with Crippen molar-refractivity contribution < 1.29 is 22.4 Å². The highest BCUT2D eigenvalue weighted by Gasteiger charge is 2.36. The normalized spacial score (nSPS) is 18.0. The fraction of sp³-hybridized carbons (Fsp3) is 0.421. The van der Waals surface area contributed by atoms with Crippen molar-refractivity contribution in [2.24, 2.45) is 0 Å². The number of likely N-dealkylation sites (tertiary alicyclic amines) is 1. The lowest BCUT2D eigenvalue weighted by molar-refractivity contribution is -0.142. The third-order valence-electron chi connectivity index (χ3n) is 5.07. The fourth-order valence-electron chi connectivity index (χ4n) is 3.62. The maximum Gasteiger partial charge on any atom is 0.433 e. The van der Waals surface area contributed by atoms with Gasteiger partial charge < -0.3 is 9.32 Å². The minimum absolute atomic E-state index is 0.0132. The molecule has 0 radical (unpaired) electrons. The van der Waals surface area contributed by atoms with Crippen molar-refractivity contribution in [1.82, 2.24) is 19.5 Å². The average Bonchev–Trinajstić information content (AvgIpc) is 3.31. The Labute approximate surface area is 159 Å². The van der Waals surface area contributed by atoms with E-state index in [1.54, 1.807) is 11.0 Å². The number of hydrogen-bond acceptors (Lipinski definition) is 4. The predicted octanol–water partition coefficient (Wildman–Crippen LogP) is 3.95. The largest absolute Gasteiger partial charge is 0.463 e. The maximum atomic E-state index is 13.6. The first-order chi connectivity index (χ1) is 13.3. The van der Waals surface area contributed by atoms with Gasteiger partial charge in [0.2, 0.25) is 5.91 Å². The summed E-state index contributed by atoms with van der Waals surface area (Å²) in [7, 11) is 0. The molecule has 3 aromatic heterocycles. The summed E-state index contributed by atoms with van der Waals surface area (Å²) in [6.07, 6.45) is 0.925. The minimum atomic E-state index is -4.63. The van der Waals surface area contributed by atoms with Gasteiger partial charge in [-0.1, -0.05) is 0 Å². The zero-order chi connectivity index (χ0) is 19.9. The van der Waals surface area contributed by atoms with Gasteiger partial charge in [-0.15, -0.1) is 0 Å². The molecule has 1 amide bonds. The van der Waals surface area contributed by atoms with E-state index in [4.69, 9.17) is 4.42 Å². The number of hydrogen-bond donors (Lipinski definition) is 0. The smallest absolute Gasteiger partial charge is 0.433 e. The van der Waals surface area contributed by atoms with Gasteiger partial charge in [0.1, 0.15) is 5.69 Å². The van der Waals surface area contributed by atoms with E-state index in [1.807, 2.05) is 6.92 Å². The van der Waals surface area contributed by atoms with Gasteiger partial charge in [0.15, 0.2) is 17.1 Å². The quantitative estimate of drug-likeness (QED) is 0.677. The highest BCUT2D eigenvalue weighted by molar-refractivity contribution is 5.81. The van der Waals surface area contributed by atoms with Crippen LogP contribution in [0.25, 0.3) is 17.1 Å². The molecular formula is C19H19F3N4O2. The Kier molecular flexibility index (Phi) is 4.60. The summed E-state index contributed by atoms with van der Waals surface area (Å²) in [5.74, 6) is 0.0944. The Balaban J connectivity index is 1.75. The average molecular weight is 392 g/mol. The standard InChI is InChI=1S/C19H19F3N4O2/c1-12-5-2-3-7-25(12)17(27)9-13-11-23-26-16(19(20,21)22)10-14(24-18(13)26)15-6-4-8-28-15/h4,6,8,10-12H,2-3,5,7,9H2,1H3. The van der Waals surface area contributed by atoms with Crippen molar-refractivity contribution in [3.05, 3.63) is 41.9 Å². The van der Waals surface area contributed by atoms with Crippen LogP contribution in [0, 0.1) is 0 Å². The molecule has 1 atom stereocenters. The summed E-state index contributed by atoms with van der Waals surface area (Å²) < 4.78 is 46.6. The van der Waals surface area contributed by atoms with E-state index in [0.717, 1.165) is 29.8 Å². The number of amides is 1. The lowest BCUT2D eigenvalue weighted by Crippen LogP contribution is -2.42. The van der Waals surface area contributed by atoms with Crippen molar-refractivity contribution >= 4 is 11.6 Å². The third-order valence-corrected chi connectivity index (χ3v) is 5.07. The number of fused-ring (bicyclic) bond motifs is 1. The number of alkyl halides is 3. The van der Waals surface area contributed by atoms with E-state index in [0.29, 0.717) is 12.1 Å². The first-order valence-corrected chi connectivity index (χ1v) is 9.13. The van der Waals surface area contributed by atoms with E-state index in [-0.39, 0.29) is 35.5 Å². The summed E-state index contributed by atoms with van der Waals surface area (Å²) in [6.45, 7) is 2.65. The molecule has 3 aromatic rings. The Morgan fingerprint density at radius 2 is 2.18 bits per heavy atom. The van der Waals surface area contributed by atoms with Crippen molar-refractivity contribution in [2.45, 2.75) is 44.8 Å². The Hall–Kier alpha value is -2.84. The number of carbonyl (C=O) groups is 1. The zero-order valence-electron chi connectivity index (χ0n) is 15.2. The predicted molar refractivity (Wildman–Crippen MR) is 94.4 cm³/mol. The van der Waals surface area contributed by atoms with Crippen molar-refractivity contribution in [3.8, 4) is 11.5 Å². The summed E-state index contributed by atoms with van der Waals surface area (Å²) in [4.78, 5) is 18.8. The fourth-order valence-corrected chi connectivity index (χ4v) is 3.62. The van der Waals surface area contributed by atoms with Gasteiger partial charge in [-0.3, -0.25) is 4.79 Å². The van der Waals surface area contributed by atoms with Crippen LogP contribution in [-0.4, -0.2) is 38.0 Å². The van der Waals surface area contributed by atoms with Gasteiger partial charge in [0.05, 0.1) is 18.9 Å². The van der Waals surface area contributed by atoms with Crippen molar-refractivity contribution in [3.63, 3.8) is 0 Å². The molecule has 6 nitrogen and oxygen atoms in total. The lowest BCUT2D eigenvalue weighted by atomic mass is 10.0. The van der Waals surface area contributed by atoms with Crippen LogP contribution in [0.1, 0.15) is 37.4 Å². The van der Waals surface area contributed by atoms with E-state index < -0.39 is 11.9 Å². The van der Waals surface area contributed by atoms with Gasteiger partial charge in [0.25, 0.3) is 0 Å². The first-order valence-electron chi connectivity index (χ1n) is 9.13. The van der Waals surface area contributed by atoms with Gasteiger partial charge in [-0.2, -0.15) is 18.3 Å². The molecule has 4 rings (SSSR count). The molecule has 1 aliphatic rings. The van der Waals surface area contributed by atoms with Crippen LogP contribution in [0.2, 0.25) is 0 Å². The first kappa shape index (κ1) is 18.5. The molecule has 1 unspecified atom stereocenters. The second-order valence-electron chi connectivity index (χ2n) is 7.02. The van der Waals surface area contributed by atoms with Crippen LogP contribution >= 0.6 is 0 Å². The molecule has 1 fully saturated rings. The molecule has 0 N–H and O–H groups in total. The van der Waals surface area contributed by atoms with Crippen LogP contribution in [0.3, 0.4) is 0 Å². The summed E-state index contributed by atoms with van der Waals surface area (Å²) in [5.41, 5.74) is -0.541. The van der Waals surface area contributed by atoms with Crippen LogP contribution in [-0.2, 0) is 17.4 Å². The molecule has 4 heterocycles. The number of piperidine rings is 1. The molecule has 0 spiro atoms. The van der Waals surface area contributed by atoms with Gasteiger partial charge >= 0.3 is 6.18 Å². The van der Waals surface area contributed by atoms with Crippen LogP contribution < -0.4 is 0 Å². The SMILES string of the molecule is CC1CCCCN1C(=O)Cc1cnn2c(C(F)(F)F)cc(-c3ccco3)nc12. The second kappa shape index (κ2) is 6.96. The molecule has 0 saturated carbocycles.